The van der Waals surface area contributed by atoms with Crippen molar-refractivity contribution in [2.45, 2.75) is 0 Å². The van der Waals surface area contributed by atoms with E-state index in [0.717, 1.165) is 12.7 Å². The summed E-state index contributed by atoms with van der Waals surface area (Å²) in [6, 6.07) is 8.36. The first-order chi connectivity index (χ1) is 4.88. The van der Waals surface area contributed by atoms with Gasteiger partial charge in [0.25, 0.3) is 0 Å². The summed E-state index contributed by atoms with van der Waals surface area (Å²) in [5.74, 6) is 3.20. The van der Waals surface area contributed by atoms with E-state index in [9.17, 15) is 0 Å². The molecule has 1 unspecified atom stereocenters. The van der Waals surface area contributed by atoms with E-state index >= 15 is 0 Å². The SMILES string of the molecule is Brc1c[c-][pH]c2cccc1-2.[Cl-].[Cl-].[Cl-].[Zr+4]. The van der Waals surface area contributed by atoms with Crippen LogP contribution in [0.5, 0.6) is 0 Å². The van der Waals surface area contributed by atoms with Crippen LogP contribution in [0.25, 0.3) is 10.9 Å². The third kappa shape index (κ3) is 4.56. The molecule has 0 N–H and O–H groups in total. The number of halogens is 4. The Kier molecular flexibility index (Phi) is 14.4. The van der Waals surface area contributed by atoms with Crippen molar-refractivity contribution in [3.8, 4) is 10.9 Å². The van der Waals surface area contributed by atoms with E-state index in [1.54, 1.807) is 0 Å². The summed E-state index contributed by atoms with van der Waals surface area (Å²) in [5.41, 5.74) is 1.33. The van der Waals surface area contributed by atoms with Gasteiger partial charge in [-0.3, -0.25) is 8.19 Å². The maximum atomic E-state index is 3.47. The zero-order valence-corrected chi connectivity index (χ0v) is 14.1. The molecule has 2 aliphatic rings. The Balaban J connectivity index is -0.000000302. The molecule has 0 radical (unpaired) electrons. The van der Waals surface area contributed by atoms with Gasteiger partial charge >= 0.3 is 26.2 Å². The molecule has 0 amide bonds. The van der Waals surface area contributed by atoms with Crippen molar-refractivity contribution >= 4 is 24.1 Å². The minimum Gasteiger partial charge on any atom is -1.00 e. The number of rotatable bonds is 0. The van der Waals surface area contributed by atoms with Gasteiger partial charge in [-0.2, -0.15) is 11.9 Å². The average molecular weight is 410 g/mol. The van der Waals surface area contributed by atoms with Gasteiger partial charge in [0.05, 0.1) is 0 Å². The maximum Gasteiger partial charge on any atom is 4.00 e. The van der Waals surface area contributed by atoms with Crippen LogP contribution in [0.3, 0.4) is 0 Å². The summed E-state index contributed by atoms with van der Waals surface area (Å²) < 4.78 is 1.16. The van der Waals surface area contributed by atoms with Crippen LogP contribution in [0.1, 0.15) is 0 Å². The summed E-state index contributed by atoms with van der Waals surface area (Å²) in [6.07, 6.45) is 0. The summed E-state index contributed by atoms with van der Waals surface area (Å²) in [4.78, 5) is 0. The van der Waals surface area contributed by atoms with Gasteiger partial charge in [-0.25, -0.2) is 0 Å². The molecule has 14 heavy (non-hydrogen) atoms. The zero-order valence-electron chi connectivity index (χ0n) is 6.82. The van der Waals surface area contributed by atoms with Crippen molar-refractivity contribution < 1.29 is 63.4 Å². The summed E-state index contributed by atoms with van der Waals surface area (Å²) in [6.45, 7) is 0. The van der Waals surface area contributed by atoms with Gasteiger partial charge in [0.1, 0.15) is 0 Å². The molecule has 0 bridgehead atoms. The molecule has 0 saturated heterocycles. The number of fused-ring (bicyclic) bond motifs is 1. The zero-order chi connectivity index (χ0) is 6.97. The molecule has 1 heterocycles. The third-order valence-electron chi connectivity index (χ3n) is 1.48. The van der Waals surface area contributed by atoms with Gasteiger partial charge in [0.2, 0.25) is 0 Å². The van der Waals surface area contributed by atoms with E-state index in [0.29, 0.717) is 0 Å². The van der Waals surface area contributed by atoms with Gasteiger partial charge in [-0.05, 0) is 0 Å². The topological polar surface area (TPSA) is 0 Å². The molecule has 0 saturated carbocycles. The van der Waals surface area contributed by atoms with Crippen molar-refractivity contribution in [2.75, 3.05) is 0 Å². The number of hydrogen-bond donors (Lipinski definition) is 0. The second-order valence-corrected chi connectivity index (χ2v) is 4.05. The van der Waals surface area contributed by atoms with Crippen LogP contribution in [-0.2, 0) is 26.2 Å². The fourth-order valence-corrected chi connectivity index (χ4v) is 2.75. The molecule has 0 aromatic heterocycles. The monoisotopic (exact) mass is 406 g/mol. The fourth-order valence-electron chi connectivity index (χ4n) is 0.992. The molecule has 74 valence electrons. The predicted molar refractivity (Wildman–Crippen MR) is 49.1 cm³/mol. The number of hydrogen-bond acceptors (Lipinski definition) is 0. The van der Waals surface area contributed by atoms with Crippen LogP contribution in [-0.4, -0.2) is 0 Å². The molecule has 0 spiro atoms. The average Bonchev–Trinajstić information content (AvgIpc) is 2.36. The molecule has 2 rings (SSSR count). The van der Waals surface area contributed by atoms with E-state index in [1.807, 2.05) is 6.07 Å². The van der Waals surface area contributed by atoms with Crippen molar-refractivity contribution in [3.05, 3.63) is 34.5 Å². The molecule has 1 atom stereocenters. The van der Waals surface area contributed by atoms with E-state index in [1.165, 1.54) is 10.9 Å². The second kappa shape index (κ2) is 9.70. The smallest absolute Gasteiger partial charge is 1.00 e. The molecular formula is C8H5BrCl3PZr. The minimum atomic E-state index is 0. The standard InChI is InChI=1S/C8H5BrP.3ClH.Zr/c9-7-4-5-10-8-3-1-2-6(7)8;;;;/h1-4,10H;3*1H;/q-1;;;;+4/p-3. The van der Waals surface area contributed by atoms with Crippen LogP contribution in [0.2, 0.25) is 0 Å². The predicted octanol–water partition coefficient (Wildman–Crippen LogP) is -5.61. The largest absolute Gasteiger partial charge is 4.00 e. The van der Waals surface area contributed by atoms with E-state index in [2.05, 4.69) is 39.9 Å². The Hall–Kier alpha value is 1.49. The van der Waals surface area contributed by atoms with Gasteiger partial charge in [-0.1, -0.05) is 16.6 Å². The quantitative estimate of drug-likeness (QED) is 0.381. The van der Waals surface area contributed by atoms with Crippen molar-refractivity contribution in [1.29, 1.82) is 0 Å². The van der Waals surface area contributed by atoms with Crippen LogP contribution < -0.4 is 37.2 Å². The first-order valence-corrected chi connectivity index (χ1v) is 4.80. The Bertz CT molecular complexity index is 328. The van der Waals surface area contributed by atoms with Crippen molar-refractivity contribution in [1.82, 2.24) is 0 Å². The van der Waals surface area contributed by atoms with Gasteiger partial charge < -0.3 is 37.2 Å². The molecule has 1 aliphatic heterocycles. The van der Waals surface area contributed by atoms with E-state index < -0.39 is 0 Å². The molecule has 0 aromatic rings. The molecule has 1 aliphatic carbocycles. The third-order valence-corrected chi connectivity index (χ3v) is 3.13. The second-order valence-electron chi connectivity index (χ2n) is 2.11. The van der Waals surface area contributed by atoms with Gasteiger partial charge in [0, 0.05) is 0 Å². The molecule has 0 fully saturated rings. The van der Waals surface area contributed by atoms with E-state index in [4.69, 9.17) is 0 Å². The normalized spacial score (nSPS) is 8.07. The summed E-state index contributed by atoms with van der Waals surface area (Å²) in [7, 11) is 0.727. The Morgan fingerprint density at radius 2 is 1.79 bits per heavy atom. The van der Waals surface area contributed by atoms with Crippen LogP contribution in [0.15, 0.2) is 28.7 Å². The van der Waals surface area contributed by atoms with E-state index in [-0.39, 0.29) is 63.4 Å². The molecular weight excluding hydrogens is 405 g/mol. The molecule has 0 nitrogen and oxygen atoms in total. The Morgan fingerprint density at radius 1 is 1.14 bits per heavy atom. The van der Waals surface area contributed by atoms with Crippen LogP contribution in [0.4, 0.5) is 0 Å². The Labute approximate surface area is 132 Å². The van der Waals surface area contributed by atoms with Crippen molar-refractivity contribution in [2.24, 2.45) is 0 Å². The first kappa shape index (κ1) is 20.9. The molecule has 6 heteroatoms. The fraction of sp³-hybridized carbons (Fsp3) is 0. The first-order valence-electron chi connectivity index (χ1n) is 3.01. The maximum absolute atomic E-state index is 3.47. The van der Waals surface area contributed by atoms with Gasteiger partial charge in [0.15, 0.2) is 0 Å². The molecule has 0 aromatic carbocycles. The summed E-state index contributed by atoms with van der Waals surface area (Å²) in [5, 5.41) is 1.40. The summed E-state index contributed by atoms with van der Waals surface area (Å²) >= 11 is 3.47. The minimum absolute atomic E-state index is 0. The van der Waals surface area contributed by atoms with Crippen LogP contribution >= 0.6 is 24.1 Å². The van der Waals surface area contributed by atoms with Crippen LogP contribution in [0, 0.1) is 5.80 Å². The Morgan fingerprint density at radius 3 is 2.36 bits per heavy atom. The van der Waals surface area contributed by atoms with Gasteiger partial charge in [-0.15, -0.1) is 32.9 Å². The van der Waals surface area contributed by atoms with Crippen molar-refractivity contribution in [3.63, 3.8) is 0 Å².